The Morgan fingerprint density at radius 2 is 1.87 bits per heavy atom. The molecule has 31 heavy (non-hydrogen) atoms. The normalized spacial score (nSPS) is 12.0. The summed E-state index contributed by atoms with van der Waals surface area (Å²) in [5, 5.41) is 3.29. The lowest BCUT2D eigenvalue weighted by molar-refractivity contribution is -0.115. The Labute approximate surface area is 184 Å². The Morgan fingerprint density at radius 1 is 1.16 bits per heavy atom. The Kier molecular flexibility index (Phi) is 7.59. The average Bonchev–Trinajstić information content (AvgIpc) is 2.76. The number of benzene rings is 2. The van der Waals surface area contributed by atoms with Crippen molar-refractivity contribution < 1.29 is 14.3 Å². The molecule has 162 valence electrons. The van der Waals surface area contributed by atoms with Crippen LogP contribution in [0.3, 0.4) is 0 Å². The number of carbonyl (C=O) groups excluding carboxylic acids is 2. The molecule has 0 aliphatic carbocycles. The molecule has 0 bridgehead atoms. The lowest BCUT2D eigenvalue weighted by Crippen LogP contribution is -2.27. The number of hydrogen-bond donors (Lipinski definition) is 1. The summed E-state index contributed by atoms with van der Waals surface area (Å²) >= 11 is 1.21. The molecule has 0 spiro atoms. The van der Waals surface area contributed by atoms with Crippen molar-refractivity contribution in [3.8, 4) is 0 Å². The number of anilines is 1. The highest BCUT2D eigenvalue weighted by atomic mass is 32.2. The third-order valence-corrected chi connectivity index (χ3v) is 5.86. The van der Waals surface area contributed by atoms with Crippen LogP contribution in [0.2, 0.25) is 0 Å². The zero-order valence-corrected chi connectivity index (χ0v) is 18.6. The van der Waals surface area contributed by atoms with Gasteiger partial charge in [0.2, 0.25) is 5.91 Å². The van der Waals surface area contributed by atoms with E-state index in [0.717, 1.165) is 0 Å². The fraction of sp³-hybridized carbons (Fsp3) is 0.304. The number of hydrogen-bond acceptors (Lipinski definition) is 6. The summed E-state index contributed by atoms with van der Waals surface area (Å²) in [4.78, 5) is 42.3. The summed E-state index contributed by atoms with van der Waals surface area (Å²) < 4.78 is 6.71. The van der Waals surface area contributed by atoms with Gasteiger partial charge in [0.25, 0.3) is 5.56 Å². The van der Waals surface area contributed by atoms with Crippen LogP contribution in [0.5, 0.6) is 0 Å². The zero-order valence-electron chi connectivity index (χ0n) is 17.8. The van der Waals surface area contributed by atoms with E-state index in [0.29, 0.717) is 46.9 Å². The SMILES string of the molecule is COCCCn1c(SC(C)C(=O)Nc2ccccc2C(C)=O)nc2ccccc2c1=O. The highest BCUT2D eigenvalue weighted by Crippen LogP contribution is 2.25. The maximum absolute atomic E-state index is 13.0. The molecule has 0 aliphatic rings. The lowest BCUT2D eigenvalue weighted by Gasteiger charge is -2.17. The molecule has 2 aromatic carbocycles. The number of Topliss-reactive ketones (excluding diaryl/α,β-unsaturated/α-hetero) is 1. The molecule has 0 radical (unpaired) electrons. The maximum atomic E-state index is 13.0. The van der Waals surface area contributed by atoms with Gasteiger partial charge in [-0.15, -0.1) is 0 Å². The highest BCUT2D eigenvalue weighted by Gasteiger charge is 2.20. The smallest absolute Gasteiger partial charge is 0.262 e. The van der Waals surface area contributed by atoms with Gasteiger partial charge in [-0.2, -0.15) is 0 Å². The van der Waals surface area contributed by atoms with E-state index in [1.807, 2.05) is 6.07 Å². The maximum Gasteiger partial charge on any atom is 0.262 e. The molecule has 1 amide bonds. The van der Waals surface area contributed by atoms with Crippen LogP contribution in [-0.4, -0.2) is 40.2 Å². The van der Waals surface area contributed by atoms with Crippen LogP contribution in [0, 0.1) is 0 Å². The number of thioether (sulfide) groups is 1. The van der Waals surface area contributed by atoms with Gasteiger partial charge in [0.1, 0.15) is 0 Å². The monoisotopic (exact) mass is 439 g/mol. The summed E-state index contributed by atoms with van der Waals surface area (Å²) in [5.74, 6) is -0.399. The van der Waals surface area contributed by atoms with Crippen molar-refractivity contribution in [1.82, 2.24) is 9.55 Å². The average molecular weight is 440 g/mol. The molecule has 1 atom stereocenters. The Hall–Kier alpha value is -2.97. The first-order chi connectivity index (χ1) is 14.9. The van der Waals surface area contributed by atoms with E-state index in [9.17, 15) is 14.4 Å². The second-order valence-corrected chi connectivity index (χ2v) is 8.37. The number of rotatable bonds is 9. The number of ether oxygens (including phenoxy) is 1. The van der Waals surface area contributed by atoms with E-state index in [1.165, 1.54) is 18.7 Å². The first kappa shape index (κ1) is 22.7. The molecule has 0 saturated heterocycles. The van der Waals surface area contributed by atoms with E-state index >= 15 is 0 Å². The van der Waals surface area contributed by atoms with Crippen LogP contribution < -0.4 is 10.9 Å². The van der Waals surface area contributed by atoms with E-state index < -0.39 is 5.25 Å². The molecule has 1 aromatic heterocycles. The van der Waals surface area contributed by atoms with E-state index in [4.69, 9.17) is 4.74 Å². The van der Waals surface area contributed by atoms with Gasteiger partial charge in [0.15, 0.2) is 10.9 Å². The van der Waals surface area contributed by atoms with E-state index in [2.05, 4.69) is 10.3 Å². The third kappa shape index (κ3) is 5.39. The topological polar surface area (TPSA) is 90.3 Å². The molecular formula is C23H25N3O4S. The summed E-state index contributed by atoms with van der Waals surface area (Å²) in [6.07, 6.45) is 0.649. The minimum atomic E-state index is -0.540. The van der Waals surface area contributed by atoms with Crippen molar-refractivity contribution in [3.63, 3.8) is 0 Å². The van der Waals surface area contributed by atoms with Crippen molar-refractivity contribution in [2.75, 3.05) is 19.0 Å². The predicted octanol–water partition coefficient (Wildman–Crippen LogP) is 3.75. The van der Waals surface area contributed by atoms with Gasteiger partial charge in [-0.1, -0.05) is 36.0 Å². The van der Waals surface area contributed by atoms with Crippen LogP contribution in [0.1, 0.15) is 30.6 Å². The first-order valence-corrected chi connectivity index (χ1v) is 10.9. The number of amides is 1. The standard InChI is InChI=1S/C23H25N3O4S/c1-15(27)17-9-4-6-11-19(17)24-21(28)16(2)31-23-25-20-12-7-5-10-18(20)22(29)26(23)13-8-14-30-3/h4-7,9-12,16H,8,13-14H2,1-3H3,(H,24,28). The van der Waals surface area contributed by atoms with Gasteiger partial charge in [-0.3, -0.25) is 19.0 Å². The Bertz CT molecular complexity index is 1160. The van der Waals surface area contributed by atoms with Gasteiger partial charge >= 0.3 is 0 Å². The Morgan fingerprint density at radius 3 is 2.61 bits per heavy atom. The van der Waals surface area contributed by atoms with Crippen molar-refractivity contribution in [1.29, 1.82) is 0 Å². The van der Waals surface area contributed by atoms with Gasteiger partial charge < -0.3 is 10.1 Å². The summed E-state index contributed by atoms with van der Waals surface area (Å²) in [6, 6.07) is 14.1. The van der Waals surface area contributed by atoms with Crippen LogP contribution in [0.25, 0.3) is 10.9 Å². The number of fused-ring (bicyclic) bond motifs is 1. The van der Waals surface area contributed by atoms with Gasteiger partial charge in [-0.25, -0.2) is 4.98 Å². The molecule has 1 N–H and O–H groups in total. The van der Waals surface area contributed by atoms with Crippen LogP contribution in [0.4, 0.5) is 5.69 Å². The molecule has 0 aliphatic heterocycles. The van der Waals surface area contributed by atoms with Crippen molar-refractivity contribution in [2.24, 2.45) is 0 Å². The number of aromatic nitrogens is 2. The molecule has 3 rings (SSSR count). The molecular weight excluding hydrogens is 414 g/mol. The second-order valence-electron chi connectivity index (χ2n) is 7.07. The van der Waals surface area contributed by atoms with Gasteiger partial charge in [0.05, 0.1) is 21.8 Å². The van der Waals surface area contributed by atoms with Crippen molar-refractivity contribution >= 4 is 40.0 Å². The zero-order chi connectivity index (χ0) is 22.4. The molecule has 3 aromatic rings. The minimum Gasteiger partial charge on any atom is -0.385 e. The van der Waals surface area contributed by atoms with E-state index in [-0.39, 0.29) is 17.2 Å². The number of nitrogens with one attached hydrogen (secondary N) is 1. The van der Waals surface area contributed by atoms with Gasteiger partial charge in [0, 0.05) is 25.8 Å². The van der Waals surface area contributed by atoms with Crippen LogP contribution in [-0.2, 0) is 16.1 Å². The summed E-state index contributed by atoms with van der Waals surface area (Å²) in [6.45, 7) is 4.16. The fourth-order valence-electron chi connectivity index (χ4n) is 3.15. The number of carbonyl (C=O) groups is 2. The molecule has 0 fully saturated rings. The van der Waals surface area contributed by atoms with E-state index in [1.54, 1.807) is 61.1 Å². The first-order valence-electron chi connectivity index (χ1n) is 9.98. The molecule has 0 saturated carbocycles. The van der Waals surface area contributed by atoms with Crippen molar-refractivity contribution in [2.45, 2.75) is 37.2 Å². The van der Waals surface area contributed by atoms with Crippen molar-refractivity contribution in [3.05, 3.63) is 64.4 Å². The minimum absolute atomic E-state index is 0.126. The lowest BCUT2D eigenvalue weighted by atomic mass is 10.1. The highest BCUT2D eigenvalue weighted by molar-refractivity contribution is 8.00. The predicted molar refractivity (Wildman–Crippen MR) is 123 cm³/mol. The number of para-hydroxylation sites is 2. The Balaban J connectivity index is 1.87. The van der Waals surface area contributed by atoms with Crippen LogP contribution >= 0.6 is 11.8 Å². The molecule has 1 heterocycles. The molecule has 7 nitrogen and oxygen atoms in total. The molecule has 8 heteroatoms. The third-order valence-electron chi connectivity index (χ3n) is 4.77. The summed E-state index contributed by atoms with van der Waals surface area (Å²) in [7, 11) is 1.61. The fourth-order valence-corrected chi connectivity index (χ4v) is 4.08. The summed E-state index contributed by atoms with van der Waals surface area (Å²) in [5.41, 5.74) is 1.37. The molecule has 1 unspecified atom stereocenters. The van der Waals surface area contributed by atoms with Gasteiger partial charge in [-0.05, 0) is 44.5 Å². The van der Waals surface area contributed by atoms with Crippen LogP contribution in [0.15, 0.2) is 58.5 Å². The number of ketones is 1. The number of methoxy groups -OCH3 is 1. The second kappa shape index (κ2) is 10.4. The quantitative estimate of drug-likeness (QED) is 0.236. The number of nitrogens with zero attached hydrogens (tertiary/aromatic N) is 2. The largest absolute Gasteiger partial charge is 0.385 e.